The van der Waals surface area contributed by atoms with Crippen molar-refractivity contribution in [1.29, 1.82) is 0 Å². The summed E-state index contributed by atoms with van der Waals surface area (Å²) >= 11 is 1.63. The summed E-state index contributed by atoms with van der Waals surface area (Å²) in [7, 11) is 1.58. The van der Waals surface area contributed by atoms with E-state index in [1.807, 2.05) is 6.92 Å². The van der Waals surface area contributed by atoms with Gasteiger partial charge in [-0.15, -0.1) is 11.8 Å². The smallest absolute Gasteiger partial charge is 0.240 e. The summed E-state index contributed by atoms with van der Waals surface area (Å²) in [6.45, 7) is 6.04. The molecule has 0 aliphatic heterocycles. The van der Waals surface area contributed by atoms with Crippen LogP contribution in [0.15, 0.2) is 5.16 Å². The molecule has 0 aromatic heterocycles. The first kappa shape index (κ1) is 13.3. The fourth-order valence-corrected chi connectivity index (χ4v) is 2.10. The fraction of sp³-hybridized carbons (Fsp3) is 0.778. The van der Waals surface area contributed by atoms with Crippen molar-refractivity contribution < 1.29 is 10.0 Å². The first-order valence-corrected chi connectivity index (χ1v) is 5.56. The van der Waals surface area contributed by atoms with Gasteiger partial charge in [0.05, 0.1) is 5.25 Å². The van der Waals surface area contributed by atoms with Crippen LogP contribution in [-0.2, 0) is 4.79 Å². The van der Waals surface area contributed by atoms with E-state index in [-0.39, 0.29) is 11.2 Å². The molecule has 82 valence electrons. The monoisotopic (exact) mass is 218 g/mol. The van der Waals surface area contributed by atoms with Crippen molar-refractivity contribution in [3.8, 4) is 0 Å². The van der Waals surface area contributed by atoms with Gasteiger partial charge in [0.2, 0.25) is 5.91 Å². The molecule has 1 N–H and O–H groups in total. The molecule has 2 unspecified atom stereocenters. The summed E-state index contributed by atoms with van der Waals surface area (Å²) in [5, 5.41) is 11.4. The molecule has 0 aromatic carbocycles. The van der Waals surface area contributed by atoms with Crippen LogP contribution in [-0.4, -0.2) is 39.9 Å². The Balaban J connectivity index is 4.11. The molecule has 5 heteroatoms. The minimum absolute atomic E-state index is 0.0481. The summed E-state index contributed by atoms with van der Waals surface area (Å²) in [6, 6.07) is 0. The van der Waals surface area contributed by atoms with E-state index in [0.29, 0.717) is 5.25 Å². The zero-order valence-corrected chi connectivity index (χ0v) is 9.91. The van der Waals surface area contributed by atoms with E-state index in [0.717, 1.165) is 12.8 Å². The van der Waals surface area contributed by atoms with Crippen LogP contribution in [0.3, 0.4) is 0 Å². The minimum atomic E-state index is -0.104. The molecule has 0 aliphatic rings. The highest BCUT2D eigenvalue weighted by Gasteiger charge is 2.18. The SMILES string of the molecule is CCC(C)SC(C)C(=O)N(C)C=NO. The Morgan fingerprint density at radius 3 is 2.64 bits per heavy atom. The Labute approximate surface area is 89.3 Å². The van der Waals surface area contributed by atoms with Crippen molar-refractivity contribution in [3.05, 3.63) is 0 Å². The summed E-state index contributed by atoms with van der Waals surface area (Å²) in [5.74, 6) is -0.0481. The van der Waals surface area contributed by atoms with Crippen LogP contribution in [0.4, 0.5) is 0 Å². The van der Waals surface area contributed by atoms with Gasteiger partial charge in [-0.1, -0.05) is 19.0 Å². The number of hydrogen-bond donors (Lipinski definition) is 1. The number of hydrogen-bond acceptors (Lipinski definition) is 4. The molecule has 0 spiro atoms. The summed E-state index contributed by atoms with van der Waals surface area (Å²) < 4.78 is 0. The highest BCUT2D eigenvalue weighted by Crippen LogP contribution is 2.20. The number of nitrogens with zero attached hydrogens (tertiary/aromatic N) is 2. The Morgan fingerprint density at radius 2 is 2.21 bits per heavy atom. The Hall–Kier alpha value is -0.710. The second-order valence-electron chi connectivity index (χ2n) is 3.18. The van der Waals surface area contributed by atoms with Gasteiger partial charge in [-0.2, -0.15) is 0 Å². The van der Waals surface area contributed by atoms with E-state index in [1.54, 1.807) is 18.8 Å². The molecule has 0 bridgehead atoms. The van der Waals surface area contributed by atoms with E-state index < -0.39 is 0 Å². The number of amides is 1. The standard InChI is InChI=1S/C9H18N2O2S/c1-5-7(2)14-8(3)9(12)11(4)6-10-13/h6-8,13H,5H2,1-4H3. The second-order valence-corrected chi connectivity index (χ2v) is 4.96. The highest BCUT2D eigenvalue weighted by atomic mass is 32.2. The van der Waals surface area contributed by atoms with Gasteiger partial charge in [0, 0.05) is 12.3 Å². The van der Waals surface area contributed by atoms with Crippen molar-refractivity contribution in [2.24, 2.45) is 5.16 Å². The van der Waals surface area contributed by atoms with Crippen LogP contribution < -0.4 is 0 Å². The fourth-order valence-electron chi connectivity index (χ4n) is 0.924. The molecule has 0 radical (unpaired) electrons. The molecular formula is C9H18N2O2S. The lowest BCUT2D eigenvalue weighted by atomic mass is 10.4. The van der Waals surface area contributed by atoms with Crippen LogP contribution in [0, 0.1) is 0 Å². The van der Waals surface area contributed by atoms with Gasteiger partial charge in [0.25, 0.3) is 0 Å². The van der Waals surface area contributed by atoms with Crippen LogP contribution >= 0.6 is 11.8 Å². The zero-order chi connectivity index (χ0) is 11.1. The van der Waals surface area contributed by atoms with Crippen molar-refractivity contribution >= 4 is 24.0 Å². The van der Waals surface area contributed by atoms with Gasteiger partial charge in [0.1, 0.15) is 6.34 Å². The average Bonchev–Trinajstić information content (AvgIpc) is 2.16. The van der Waals surface area contributed by atoms with E-state index >= 15 is 0 Å². The number of thioether (sulfide) groups is 1. The Morgan fingerprint density at radius 1 is 1.64 bits per heavy atom. The van der Waals surface area contributed by atoms with Gasteiger partial charge < -0.3 is 10.1 Å². The van der Waals surface area contributed by atoms with Crippen molar-refractivity contribution in [3.63, 3.8) is 0 Å². The first-order chi connectivity index (χ1) is 6.52. The molecule has 2 atom stereocenters. The van der Waals surface area contributed by atoms with Gasteiger partial charge in [-0.3, -0.25) is 4.79 Å². The first-order valence-electron chi connectivity index (χ1n) is 4.62. The lowest BCUT2D eigenvalue weighted by molar-refractivity contribution is -0.125. The molecule has 0 aromatic rings. The predicted octanol–water partition coefficient (Wildman–Crippen LogP) is 1.78. The maximum absolute atomic E-state index is 11.6. The molecule has 0 saturated heterocycles. The third kappa shape index (κ3) is 4.50. The van der Waals surface area contributed by atoms with Crippen molar-refractivity contribution in [1.82, 2.24) is 4.90 Å². The number of oxime groups is 1. The van der Waals surface area contributed by atoms with Gasteiger partial charge >= 0.3 is 0 Å². The van der Waals surface area contributed by atoms with Crippen molar-refractivity contribution in [2.45, 2.75) is 37.7 Å². The average molecular weight is 218 g/mol. The summed E-state index contributed by atoms with van der Waals surface area (Å²) in [5.41, 5.74) is 0. The van der Waals surface area contributed by atoms with Crippen molar-refractivity contribution in [2.75, 3.05) is 7.05 Å². The maximum atomic E-state index is 11.6. The highest BCUT2D eigenvalue weighted by molar-refractivity contribution is 8.01. The molecule has 0 rings (SSSR count). The normalized spacial score (nSPS) is 15.4. The molecule has 0 heterocycles. The number of carbonyl (C=O) groups is 1. The Bertz CT molecular complexity index is 209. The van der Waals surface area contributed by atoms with Gasteiger partial charge in [-0.05, 0) is 13.3 Å². The Kier molecular flexibility index (Phi) is 6.36. The lowest BCUT2D eigenvalue weighted by Crippen LogP contribution is -2.32. The molecule has 0 saturated carbocycles. The molecular weight excluding hydrogens is 200 g/mol. The van der Waals surface area contributed by atoms with Gasteiger partial charge in [-0.25, -0.2) is 0 Å². The molecule has 4 nitrogen and oxygen atoms in total. The minimum Gasteiger partial charge on any atom is -0.410 e. The topological polar surface area (TPSA) is 52.9 Å². The second kappa shape index (κ2) is 6.70. The van der Waals surface area contributed by atoms with Crippen LogP contribution in [0.1, 0.15) is 27.2 Å². The third-order valence-electron chi connectivity index (χ3n) is 1.93. The van der Waals surface area contributed by atoms with Crippen LogP contribution in [0.5, 0.6) is 0 Å². The van der Waals surface area contributed by atoms with E-state index in [1.165, 1.54) is 4.90 Å². The maximum Gasteiger partial charge on any atom is 0.240 e. The molecule has 0 fully saturated rings. The quantitative estimate of drug-likeness (QED) is 0.331. The third-order valence-corrected chi connectivity index (χ3v) is 3.34. The molecule has 1 amide bonds. The summed E-state index contributed by atoms with van der Waals surface area (Å²) in [4.78, 5) is 12.9. The zero-order valence-electron chi connectivity index (χ0n) is 9.10. The van der Waals surface area contributed by atoms with E-state index in [2.05, 4.69) is 19.0 Å². The molecule has 14 heavy (non-hydrogen) atoms. The number of carbonyl (C=O) groups excluding carboxylic acids is 1. The predicted molar refractivity (Wildman–Crippen MR) is 59.9 cm³/mol. The summed E-state index contributed by atoms with van der Waals surface area (Å²) in [6.07, 6.45) is 2.15. The lowest BCUT2D eigenvalue weighted by Gasteiger charge is -2.18. The van der Waals surface area contributed by atoms with Gasteiger partial charge in [0.15, 0.2) is 0 Å². The largest absolute Gasteiger partial charge is 0.410 e. The van der Waals surface area contributed by atoms with Crippen LogP contribution in [0.2, 0.25) is 0 Å². The number of rotatable bonds is 5. The van der Waals surface area contributed by atoms with Crippen LogP contribution in [0.25, 0.3) is 0 Å². The molecule has 0 aliphatic carbocycles. The van der Waals surface area contributed by atoms with E-state index in [4.69, 9.17) is 5.21 Å². The van der Waals surface area contributed by atoms with E-state index in [9.17, 15) is 4.79 Å².